The summed E-state index contributed by atoms with van der Waals surface area (Å²) in [7, 11) is 0. The van der Waals surface area contributed by atoms with Gasteiger partial charge in [0, 0.05) is 25.0 Å². The maximum absolute atomic E-state index is 11.6. The minimum atomic E-state index is -0.612. The fraction of sp³-hybridized carbons (Fsp3) is 0.800. The molecule has 90 valence electrons. The molecule has 0 aliphatic heterocycles. The van der Waals surface area contributed by atoms with E-state index in [0.717, 1.165) is 0 Å². The Bertz CT molecular complexity index is 224. The first-order valence-corrected chi connectivity index (χ1v) is 4.88. The summed E-state index contributed by atoms with van der Waals surface area (Å²) in [5, 5.41) is 0. The molecule has 0 atom stereocenters. The van der Waals surface area contributed by atoms with Crippen molar-refractivity contribution in [1.29, 1.82) is 0 Å². The lowest BCUT2D eigenvalue weighted by Crippen LogP contribution is -2.43. The number of halogens is 1. The summed E-state index contributed by atoms with van der Waals surface area (Å²) in [6.45, 7) is 8.41. The standard InChI is InChI=1S/C10H20N2O2.ClH/c1-5-12(7-6-11)9(14)8(13)10(2,3)4;/h5-7,11H2,1-4H3;1H. The van der Waals surface area contributed by atoms with E-state index in [4.69, 9.17) is 5.73 Å². The van der Waals surface area contributed by atoms with E-state index in [2.05, 4.69) is 0 Å². The topological polar surface area (TPSA) is 63.4 Å². The van der Waals surface area contributed by atoms with Crippen LogP contribution in [0.5, 0.6) is 0 Å². The van der Waals surface area contributed by atoms with Crippen LogP contribution in [-0.4, -0.2) is 36.2 Å². The van der Waals surface area contributed by atoms with E-state index in [1.807, 2.05) is 6.92 Å². The number of rotatable bonds is 4. The molecule has 0 saturated heterocycles. The van der Waals surface area contributed by atoms with Gasteiger partial charge in [0.15, 0.2) is 0 Å². The summed E-state index contributed by atoms with van der Waals surface area (Å²) in [5.41, 5.74) is 4.73. The van der Waals surface area contributed by atoms with Crippen LogP contribution in [0.3, 0.4) is 0 Å². The predicted octanol–water partition coefficient (Wildman–Crippen LogP) is 0.831. The number of hydrogen-bond acceptors (Lipinski definition) is 3. The van der Waals surface area contributed by atoms with E-state index in [9.17, 15) is 9.59 Å². The summed E-state index contributed by atoms with van der Waals surface area (Å²) in [4.78, 5) is 24.7. The van der Waals surface area contributed by atoms with Crippen molar-refractivity contribution in [2.75, 3.05) is 19.6 Å². The van der Waals surface area contributed by atoms with Crippen LogP contribution in [-0.2, 0) is 9.59 Å². The first-order valence-electron chi connectivity index (χ1n) is 4.88. The molecule has 0 spiro atoms. The highest BCUT2D eigenvalue weighted by atomic mass is 35.5. The maximum atomic E-state index is 11.6. The van der Waals surface area contributed by atoms with Gasteiger partial charge in [0.25, 0.3) is 5.91 Å². The quantitative estimate of drug-likeness (QED) is 0.736. The van der Waals surface area contributed by atoms with Gasteiger partial charge in [-0.15, -0.1) is 12.4 Å². The first-order chi connectivity index (χ1) is 6.34. The molecule has 0 heterocycles. The lowest BCUT2D eigenvalue weighted by Gasteiger charge is -2.23. The van der Waals surface area contributed by atoms with Crippen LogP contribution in [0.25, 0.3) is 0 Å². The SMILES string of the molecule is CCN(CCN)C(=O)C(=O)C(C)(C)C.Cl. The molecule has 0 aromatic heterocycles. The highest BCUT2D eigenvalue weighted by molar-refractivity contribution is 6.37. The third kappa shape index (κ3) is 5.14. The Morgan fingerprint density at radius 1 is 1.27 bits per heavy atom. The normalized spacial score (nSPS) is 10.5. The van der Waals surface area contributed by atoms with Gasteiger partial charge in [-0.25, -0.2) is 0 Å². The fourth-order valence-electron chi connectivity index (χ4n) is 1.02. The number of hydrogen-bond donors (Lipinski definition) is 1. The van der Waals surface area contributed by atoms with Crippen molar-refractivity contribution in [3.63, 3.8) is 0 Å². The minimum absolute atomic E-state index is 0. The molecule has 5 heteroatoms. The zero-order valence-electron chi connectivity index (χ0n) is 9.87. The molecule has 0 fully saturated rings. The Hall–Kier alpha value is -0.610. The minimum Gasteiger partial charge on any atom is -0.335 e. The van der Waals surface area contributed by atoms with Crippen LogP contribution < -0.4 is 5.73 Å². The number of carbonyl (C=O) groups is 2. The van der Waals surface area contributed by atoms with E-state index < -0.39 is 11.3 Å². The number of carbonyl (C=O) groups excluding carboxylic acids is 2. The molecule has 4 nitrogen and oxygen atoms in total. The van der Waals surface area contributed by atoms with E-state index in [-0.39, 0.29) is 18.2 Å². The number of ketones is 1. The van der Waals surface area contributed by atoms with E-state index in [1.165, 1.54) is 4.90 Å². The first kappa shape index (κ1) is 16.8. The Morgan fingerprint density at radius 2 is 1.73 bits per heavy atom. The second-order valence-electron chi connectivity index (χ2n) is 4.25. The van der Waals surface area contributed by atoms with Crippen molar-refractivity contribution in [2.45, 2.75) is 27.7 Å². The Balaban J connectivity index is 0. The zero-order valence-corrected chi connectivity index (χ0v) is 10.7. The van der Waals surface area contributed by atoms with Gasteiger partial charge in [-0.1, -0.05) is 20.8 Å². The molecule has 2 N–H and O–H groups in total. The smallest absolute Gasteiger partial charge is 0.290 e. The van der Waals surface area contributed by atoms with Gasteiger partial charge < -0.3 is 10.6 Å². The number of Topliss-reactive ketones (excluding diaryl/α,β-unsaturated/α-hetero) is 1. The highest BCUT2D eigenvalue weighted by Crippen LogP contribution is 2.15. The van der Waals surface area contributed by atoms with Gasteiger partial charge in [0.05, 0.1) is 0 Å². The van der Waals surface area contributed by atoms with Crippen LogP contribution in [0.4, 0.5) is 0 Å². The molecular weight excluding hydrogens is 216 g/mol. The Kier molecular flexibility index (Phi) is 7.62. The molecule has 15 heavy (non-hydrogen) atoms. The summed E-state index contributed by atoms with van der Waals surface area (Å²) in [6, 6.07) is 0. The molecule has 0 unspecified atom stereocenters. The van der Waals surface area contributed by atoms with Gasteiger partial charge >= 0.3 is 0 Å². The highest BCUT2D eigenvalue weighted by Gasteiger charge is 2.30. The van der Waals surface area contributed by atoms with Crippen LogP contribution in [0.2, 0.25) is 0 Å². The van der Waals surface area contributed by atoms with Crippen molar-refractivity contribution < 1.29 is 9.59 Å². The molecule has 0 saturated carbocycles. The number of nitrogens with zero attached hydrogens (tertiary/aromatic N) is 1. The predicted molar refractivity (Wildman–Crippen MR) is 63.0 cm³/mol. The zero-order chi connectivity index (χ0) is 11.4. The number of amides is 1. The Labute approximate surface area is 97.6 Å². The second-order valence-corrected chi connectivity index (χ2v) is 4.25. The average molecular weight is 237 g/mol. The van der Waals surface area contributed by atoms with Crippen molar-refractivity contribution >= 4 is 24.1 Å². The fourth-order valence-corrected chi connectivity index (χ4v) is 1.02. The summed E-state index contributed by atoms with van der Waals surface area (Å²) < 4.78 is 0. The molecule has 0 radical (unpaired) electrons. The molecule has 0 aromatic rings. The van der Waals surface area contributed by atoms with Gasteiger partial charge in [-0.05, 0) is 6.92 Å². The van der Waals surface area contributed by atoms with Crippen LogP contribution in [0.15, 0.2) is 0 Å². The lowest BCUT2D eigenvalue weighted by atomic mass is 9.90. The second kappa shape index (κ2) is 6.80. The molecule has 0 rings (SSSR count). The average Bonchev–Trinajstić information content (AvgIpc) is 2.10. The van der Waals surface area contributed by atoms with Crippen LogP contribution in [0.1, 0.15) is 27.7 Å². The summed E-state index contributed by atoms with van der Waals surface area (Å²) >= 11 is 0. The van der Waals surface area contributed by atoms with Crippen molar-refractivity contribution in [3.8, 4) is 0 Å². The molecule has 0 aliphatic carbocycles. The number of nitrogens with two attached hydrogens (primary N) is 1. The third-order valence-corrected chi connectivity index (χ3v) is 1.94. The van der Waals surface area contributed by atoms with Gasteiger partial charge in [0.1, 0.15) is 0 Å². The van der Waals surface area contributed by atoms with E-state index >= 15 is 0 Å². The van der Waals surface area contributed by atoms with Crippen LogP contribution >= 0.6 is 12.4 Å². The van der Waals surface area contributed by atoms with Crippen molar-refractivity contribution in [3.05, 3.63) is 0 Å². The molecule has 0 aliphatic rings. The van der Waals surface area contributed by atoms with E-state index in [1.54, 1.807) is 20.8 Å². The molecular formula is C10H21ClN2O2. The molecule has 0 bridgehead atoms. The number of likely N-dealkylation sites (N-methyl/N-ethyl adjacent to an activating group) is 1. The summed E-state index contributed by atoms with van der Waals surface area (Å²) in [6.07, 6.45) is 0. The van der Waals surface area contributed by atoms with Gasteiger partial charge in [-0.3, -0.25) is 9.59 Å². The third-order valence-electron chi connectivity index (χ3n) is 1.94. The molecule has 1 amide bonds. The van der Waals surface area contributed by atoms with Crippen LogP contribution in [0, 0.1) is 5.41 Å². The maximum Gasteiger partial charge on any atom is 0.290 e. The largest absolute Gasteiger partial charge is 0.335 e. The Morgan fingerprint density at radius 3 is 2.00 bits per heavy atom. The van der Waals surface area contributed by atoms with E-state index in [0.29, 0.717) is 19.6 Å². The molecule has 0 aromatic carbocycles. The van der Waals surface area contributed by atoms with Gasteiger partial charge in [-0.2, -0.15) is 0 Å². The van der Waals surface area contributed by atoms with Crippen molar-refractivity contribution in [1.82, 2.24) is 4.90 Å². The van der Waals surface area contributed by atoms with Gasteiger partial charge in [0.2, 0.25) is 5.78 Å². The lowest BCUT2D eigenvalue weighted by molar-refractivity contribution is -0.148. The van der Waals surface area contributed by atoms with Crippen molar-refractivity contribution in [2.24, 2.45) is 11.1 Å². The monoisotopic (exact) mass is 236 g/mol. The summed E-state index contributed by atoms with van der Waals surface area (Å²) in [5.74, 6) is -0.779.